The summed E-state index contributed by atoms with van der Waals surface area (Å²) in [6, 6.07) is 2.96. The van der Waals surface area contributed by atoms with Crippen molar-refractivity contribution in [2.75, 3.05) is 6.54 Å². The van der Waals surface area contributed by atoms with Crippen molar-refractivity contribution in [2.45, 2.75) is 26.8 Å². The highest BCUT2D eigenvalue weighted by molar-refractivity contribution is 5.94. The second-order valence-electron chi connectivity index (χ2n) is 6.46. The lowest BCUT2D eigenvalue weighted by Gasteiger charge is -2.30. The van der Waals surface area contributed by atoms with Gasteiger partial charge in [0.2, 0.25) is 11.7 Å². The Morgan fingerprint density at radius 1 is 1.26 bits per heavy atom. The standard InChI is InChI=1S/C19H16F2N4O2/c1-10-17(18-23-11(2)27-24-18)14-5-6-25(9-12(14)8-22-10)19(26)15-4-3-13(20)7-16(15)21/h3-4,7-8H,5-6,9H2,1-2H3. The predicted molar refractivity (Wildman–Crippen MR) is 91.8 cm³/mol. The Balaban J connectivity index is 1.67. The number of amides is 1. The summed E-state index contributed by atoms with van der Waals surface area (Å²) in [5.41, 5.74) is 3.30. The summed E-state index contributed by atoms with van der Waals surface area (Å²) in [4.78, 5) is 22.9. The fourth-order valence-corrected chi connectivity index (χ4v) is 3.35. The Morgan fingerprint density at radius 3 is 2.78 bits per heavy atom. The zero-order valence-electron chi connectivity index (χ0n) is 14.8. The molecule has 0 bridgehead atoms. The fourth-order valence-electron chi connectivity index (χ4n) is 3.35. The molecule has 2 aromatic heterocycles. The molecule has 0 aliphatic carbocycles. The van der Waals surface area contributed by atoms with Gasteiger partial charge in [0.25, 0.3) is 5.91 Å². The third-order valence-electron chi connectivity index (χ3n) is 4.66. The van der Waals surface area contributed by atoms with Crippen LogP contribution in [-0.4, -0.2) is 32.5 Å². The summed E-state index contributed by atoms with van der Waals surface area (Å²) < 4.78 is 32.1. The van der Waals surface area contributed by atoms with Gasteiger partial charge in [0, 0.05) is 43.5 Å². The van der Waals surface area contributed by atoms with Gasteiger partial charge in [-0.25, -0.2) is 8.78 Å². The zero-order chi connectivity index (χ0) is 19.1. The lowest BCUT2D eigenvalue weighted by atomic mass is 9.94. The van der Waals surface area contributed by atoms with Crippen LogP contribution in [0.15, 0.2) is 28.9 Å². The van der Waals surface area contributed by atoms with Gasteiger partial charge in [-0.3, -0.25) is 9.78 Å². The molecule has 8 heteroatoms. The van der Waals surface area contributed by atoms with Gasteiger partial charge >= 0.3 is 0 Å². The maximum atomic E-state index is 14.0. The molecule has 4 rings (SSSR count). The number of hydrogen-bond donors (Lipinski definition) is 0. The molecule has 0 fully saturated rings. The van der Waals surface area contributed by atoms with Crippen LogP contribution in [0, 0.1) is 25.5 Å². The molecular weight excluding hydrogens is 354 g/mol. The van der Waals surface area contributed by atoms with Crippen LogP contribution in [0.3, 0.4) is 0 Å². The number of pyridine rings is 1. The highest BCUT2D eigenvalue weighted by Gasteiger charge is 2.27. The van der Waals surface area contributed by atoms with Crippen LogP contribution in [0.5, 0.6) is 0 Å². The molecule has 1 amide bonds. The summed E-state index contributed by atoms with van der Waals surface area (Å²) in [5.74, 6) is -1.13. The summed E-state index contributed by atoms with van der Waals surface area (Å²) in [6.07, 6.45) is 2.26. The number of aryl methyl sites for hydroxylation is 2. The van der Waals surface area contributed by atoms with E-state index in [1.54, 1.807) is 13.1 Å². The number of aromatic nitrogens is 3. The van der Waals surface area contributed by atoms with Gasteiger partial charge in [-0.05, 0) is 36.6 Å². The van der Waals surface area contributed by atoms with Crippen molar-refractivity contribution in [1.29, 1.82) is 0 Å². The van der Waals surface area contributed by atoms with E-state index < -0.39 is 17.5 Å². The Bertz CT molecular complexity index is 1050. The number of rotatable bonds is 2. The number of nitrogens with zero attached hydrogens (tertiary/aromatic N) is 4. The molecule has 1 aromatic carbocycles. The molecule has 3 heterocycles. The Kier molecular flexibility index (Phi) is 4.18. The van der Waals surface area contributed by atoms with Crippen molar-refractivity contribution < 1.29 is 18.1 Å². The number of halogens is 2. The van der Waals surface area contributed by atoms with Crippen LogP contribution in [0.4, 0.5) is 8.78 Å². The molecule has 0 saturated carbocycles. The van der Waals surface area contributed by atoms with Crippen molar-refractivity contribution in [3.8, 4) is 11.4 Å². The van der Waals surface area contributed by atoms with Gasteiger partial charge in [0.1, 0.15) is 11.6 Å². The number of fused-ring (bicyclic) bond motifs is 1. The van der Waals surface area contributed by atoms with Crippen LogP contribution in [-0.2, 0) is 13.0 Å². The van der Waals surface area contributed by atoms with E-state index in [4.69, 9.17) is 4.52 Å². The molecule has 0 unspecified atom stereocenters. The highest BCUT2D eigenvalue weighted by Crippen LogP contribution is 2.31. The molecule has 1 aliphatic heterocycles. The second kappa shape index (κ2) is 6.53. The maximum Gasteiger partial charge on any atom is 0.257 e. The molecule has 0 radical (unpaired) electrons. The van der Waals surface area contributed by atoms with E-state index in [-0.39, 0.29) is 12.1 Å². The molecule has 1 aliphatic rings. The highest BCUT2D eigenvalue weighted by atomic mass is 19.1. The molecule has 0 atom stereocenters. The van der Waals surface area contributed by atoms with E-state index in [0.29, 0.717) is 30.7 Å². The van der Waals surface area contributed by atoms with Gasteiger partial charge in [0.05, 0.1) is 5.56 Å². The Hall–Kier alpha value is -3.16. The number of carbonyl (C=O) groups excluding carboxylic acids is 1. The number of carbonyl (C=O) groups is 1. The van der Waals surface area contributed by atoms with Crippen molar-refractivity contribution in [3.05, 3.63) is 64.3 Å². The van der Waals surface area contributed by atoms with Gasteiger partial charge in [-0.1, -0.05) is 5.16 Å². The molecule has 138 valence electrons. The molecule has 0 N–H and O–H groups in total. The van der Waals surface area contributed by atoms with E-state index in [1.807, 2.05) is 6.92 Å². The first-order valence-electron chi connectivity index (χ1n) is 8.46. The van der Waals surface area contributed by atoms with Crippen LogP contribution in [0.25, 0.3) is 11.4 Å². The topological polar surface area (TPSA) is 72.1 Å². The van der Waals surface area contributed by atoms with Crippen molar-refractivity contribution >= 4 is 5.91 Å². The van der Waals surface area contributed by atoms with Gasteiger partial charge in [-0.2, -0.15) is 4.98 Å². The van der Waals surface area contributed by atoms with E-state index in [0.717, 1.165) is 28.5 Å². The minimum Gasteiger partial charge on any atom is -0.339 e. The first-order valence-corrected chi connectivity index (χ1v) is 8.46. The quantitative estimate of drug-likeness (QED) is 0.693. The number of benzene rings is 1. The van der Waals surface area contributed by atoms with Gasteiger partial charge in [0.15, 0.2) is 0 Å². The minimum atomic E-state index is -0.865. The molecule has 27 heavy (non-hydrogen) atoms. The third kappa shape index (κ3) is 3.07. The SMILES string of the molecule is Cc1nc(-c2c(C)ncc3c2CCN(C(=O)c2ccc(F)cc2F)C3)no1. The Labute approximate surface area is 153 Å². The molecule has 6 nitrogen and oxygen atoms in total. The molecular formula is C19H16F2N4O2. The average Bonchev–Trinajstić information content (AvgIpc) is 3.06. The summed E-state index contributed by atoms with van der Waals surface area (Å²) in [6.45, 7) is 4.26. The lowest BCUT2D eigenvalue weighted by molar-refractivity contribution is 0.0729. The third-order valence-corrected chi connectivity index (χ3v) is 4.66. The summed E-state index contributed by atoms with van der Waals surface area (Å²) >= 11 is 0. The fraction of sp³-hybridized carbons (Fsp3) is 0.263. The van der Waals surface area contributed by atoms with Crippen molar-refractivity contribution in [2.24, 2.45) is 0 Å². The van der Waals surface area contributed by atoms with Crippen molar-refractivity contribution in [1.82, 2.24) is 20.0 Å². The van der Waals surface area contributed by atoms with E-state index >= 15 is 0 Å². The Morgan fingerprint density at radius 2 is 2.07 bits per heavy atom. The van der Waals surface area contributed by atoms with Crippen molar-refractivity contribution in [3.63, 3.8) is 0 Å². The van der Waals surface area contributed by atoms with Crippen LogP contribution in [0.1, 0.15) is 33.1 Å². The smallest absolute Gasteiger partial charge is 0.257 e. The van der Waals surface area contributed by atoms with E-state index in [2.05, 4.69) is 15.1 Å². The summed E-state index contributed by atoms with van der Waals surface area (Å²) in [7, 11) is 0. The van der Waals surface area contributed by atoms with E-state index in [9.17, 15) is 13.6 Å². The monoisotopic (exact) mass is 370 g/mol. The lowest BCUT2D eigenvalue weighted by Crippen LogP contribution is -2.36. The van der Waals surface area contributed by atoms with Crippen LogP contribution < -0.4 is 0 Å². The first-order chi connectivity index (χ1) is 12.9. The maximum absolute atomic E-state index is 14.0. The largest absolute Gasteiger partial charge is 0.339 e. The average molecular weight is 370 g/mol. The normalized spacial score (nSPS) is 13.6. The zero-order valence-corrected chi connectivity index (χ0v) is 14.8. The number of hydrogen-bond acceptors (Lipinski definition) is 5. The summed E-state index contributed by atoms with van der Waals surface area (Å²) in [5, 5.41) is 3.98. The van der Waals surface area contributed by atoms with E-state index in [1.165, 1.54) is 11.0 Å². The van der Waals surface area contributed by atoms with Gasteiger partial charge < -0.3 is 9.42 Å². The predicted octanol–water partition coefficient (Wildman–Crippen LogP) is 3.23. The second-order valence-corrected chi connectivity index (χ2v) is 6.46. The molecule has 0 saturated heterocycles. The molecule has 3 aromatic rings. The molecule has 0 spiro atoms. The van der Waals surface area contributed by atoms with Crippen LogP contribution in [0.2, 0.25) is 0 Å². The minimum absolute atomic E-state index is 0.145. The van der Waals surface area contributed by atoms with Crippen LogP contribution >= 0.6 is 0 Å². The van der Waals surface area contributed by atoms with Gasteiger partial charge in [-0.15, -0.1) is 0 Å². The first kappa shape index (κ1) is 17.3.